The van der Waals surface area contributed by atoms with Crippen molar-refractivity contribution in [3.05, 3.63) is 156 Å². The Morgan fingerprint density at radius 3 is 1.54 bits per heavy atom. The average molecular weight is 868 g/mol. The van der Waals surface area contributed by atoms with Crippen LogP contribution in [0.3, 0.4) is 0 Å². The summed E-state index contributed by atoms with van der Waals surface area (Å²) in [6.45, 7) is 13.0. The summed E-state index contributed by atoms with van der Waals surface area (Å²) >= 11 is 0. The number of aryl methyl sites for hydroxylation is 1. The zero-order valence-corrected chi connectivity index (χ0v) is 39.9. The molecule has 0 spiro atoms. The maximum Gasteiger partial charge on any atom is 0.119 e. The summed E-state index contributed by atoms with van der Waals surface area (Å²) in [6, 6.07) is 52.4. The monoisotopic (exact) mass is 868 g/mol. The lowest BCUT2D eigenvalue weighted by Crippen LogP contribution is -2.43. The van der Waals surface area contributed by atoms with E-state index in [1.807, 2.05) is 0 Å². The molecule has 1 saturated heterocycles. The van der Waals surface area contributed by atoms with E-state index in [9.17, 15) is 0 Å². The van der Waals surface area contributed by atoms with E-state index in [0.717, 1.165) is 81.5 Å². The molecule has 4 nitrogen and oxygen atoms in total. The lowest BCUT2D eigenvalue weighted by atomic mass is 9.70. The molecule has 2 aliphatic rings. The van der Waals surface area contributed by atoms with Gasteiger partial charge in [-0.2, -0.15) is 0 Å². The Kier molecular flexibility index (Phi) is 15.9. The molecule has 65 heavy (non-hydrogen) atoms. The van der Waals surface area contributed by atoms with Gasteiger partial charge in [0.15, 0.2) is 0 Å². The Bertz CT molecular complexity index is 2370. The molecule has 0 radical (unpaired) electrons. The van der Waals surface area contributed by atoms with Gasteiger partial charge in [-0.05, 0) is 144 Å². The number of hydrogen-bond donors (Lipinski definition) is 0. The number of hydrogen-bond acceptors (Lipinski definition) is 4. The van der Waals surface area contributed by atoms with Crippen molar-refractivity contribution in [1.29, 1.82) is 0 Å². The molecule has 340 valence electrons. The Hall–Kier alpha value is -5.16. The Labute approximate surface area is 391 Å². The van der Waals surface area contributed by atoms with Crippen molar-refractivity contribution in [2.24, 2.45) is 5.41 Å². The van der Waals surface area contributed by atoms with Crippen LogP contribution in [0, 0.1) is 12.3 Å². The van der Waals surface area contributed by atoms with Crippen LogP contribution in [0.5, 0.6) is 5.75 Å². The molecule has 6 aromatic carbocycles. The summed E-state index contributed by atoms with van der Waals surface area (Å²) in [5.74, 6) is 0.911. The van der Waals surface area contributed by atoms with Crippen LogP contribution in [0.1, 0.15) is 127 Å². The standard InChI is InChI=1S/C61H73NO3/c1-5-7-9-16-38-61(39-17-10-8-6-2)58-42-50(48-20-14-13-15-21-48)26-36-56(58)57-37-27-51(43-59(57)61)49-24-30-53(31-25-49)62(52-28-22-47(3)23-29-52)54-32-34-55(35-33-54)65-41-19-12-11-18-40-63-44-60(4)45-64-46-60/h13-15,20-37,42-43H,5-12,16-19,38-41,44-46H2,1-4H3. The van der Waals surface area contributed by atoms with Gasteiger partial charge in [-0.15, -0.1) is 0 Å². The molecule has 1 aliphatic carbocycles. The lowest BCUT2D eigenvalue weighted by molar-refractivity contribution is -0.137. The lowest BCUT2D eigenvalue weighted by Gasteiger charge is -2.37. The molecule has 0 aromatic heterocycles. The van der Waals surface area contributed by atoms with Gasteiger partial charge in [0.2, 0.25) is 0 Å². The topological polar surface area (TPSA) is 30.9 Å². The highest BCUT2D eigenvalue weighted by Gasteiger charge is 2.42. The Balaban J connectivity index is 1.01. The van der Waals surface area contributed by atoms with Crippen LogP contribution in [0.2, 0.25) is 0 Å². The van der Waals surface area contributed by atoms with Crippen LogP contribution in [-0.4, -0.2) is 33.0 Å². The van der Waals surface area contributed by atoms with Crippen molar-refractivity contribution in [2.75, 3.05) is 37.9 Å². The minimum absolute atomic E-state index is 0.00426. The maximum atomic E-state index is 6.22. The molecule has 6 aromatic rings. The predicted octanol–water partition coefficient (Wildman–Crippen LogP) is 17.0. The minimum Gasteiger partial charge on any atom is -0.494 e. The number of rotatable bonds is 25. The van der Waals surface area contributed by atoms with E-state index in [2.05, 4.69) is 172 Å². The number of anilines is 3. The molecular formula is C61H73NO3. The van der Waals surface area contributed by atoms with Crippen LogP contribution in [0.4, 0.5) is 17.1 Å². The van der Waals surface area contributed by atoms with Crippen LogP contribution >= 0.6 is 0 Å². The predicted molar refractivity (Wildman–Crippen MR) is 274 cm³/mol. The quantitative estimate of drug-likeness (QED) is 0.0537. The Morgan fingerprint density at radius 2 is 1.00 bits per heavy atom. The molecule has 4 heteroatoms. The third-order valence-corrected chi connectivity index (χ3v) is 14.0. The van der Waals surface area contributed by atoms with Gasteiger partial charge in [0.1, 0.15) is 5.75 Å². The molecule has 0 bridgehead atoms. The molecule has 0 atom stereocenters. The van der Waals surface area contributed by atoms with E-state index in [0.29, 0.717) is 0 Å². The second kappa shape index (κ2) is 22.4. The van der Waals surface area contributed by atoms with Crippen molar-refractivity contribution in [2.45, 2.75) is 123 Å². The first-order valence-electron chi connectivity index (χ1n) is 25.1. The van der Waals surface area contributed by atoms with E-state index in [1.54, 1.807) is 5.56 Å². The third kappa shape index (κ3) is 11.3. The van der Waals surface area contributed by atoms with Crippen LogP contribution in [0.15, 0.2) is 140 Å². The first kappa shape index (κ1) is 46.4. The highest BCUT2D eigenvalue weighted by atomic mass is 16.5. The molecular weight excluding hydrogens is 795 g/mol. The summed E-state index contributed by atoms with van der Waals surface area (Å²) in [4.78, 5) is 2.36. The SMILES string of the molecule is CCCCCCC1(CCCCCC)c2cc(-c3ccccc3)ccc2-c2ccc(-c3ccc(N(c4ccc(C)cc4)c4ccc(OCCCCCCOCC5(C)COC5)cc4)cc3)cc21. The van der Waals surface area contributed by atoms with Gasteiger partial charge >= 0.3 is 0 Å². The first-order valence-corrected chi connectivity index (χ1v) is 25.1. The molecule has 1 aliphatic heterocycles. The number of ether oxygens (including phenoxy) is 3. The van der Waals surface area contributed by atoms with E-state index < -0.39 is 0 Å². The summed E-state index contributed by atoms with van der Waals surface area (Å²) in [6.07, 6.45) is 17.0. The molecule has 1 heterocycles. The van der Waals surface area contributed by atoms with Gasteiger partial charge < -0.3 is 19.1 Å². The number of unbranched alkanes of at least 4 members (excludes halogenated alkanes) is 9. The van der Waals surface area contributed by atoms with E-state index in [4.69, 9.17) is 14.2 Å². The van der Waals surface area contributed by atoms with Gasteiger partial charge in [0, 0.05) is 34.5 Å². The van der Waals surface area contributed by atoms with E-state index in [1.165, 1.54) is 109 Å². The molecule has 0 N–H and O–H groups in total. The summed E-state index contributed by atoms with van der Waals surface area (Å²) < 4.78 is 17.5. The highest BCUT2D eigenvalue weighted by molar-refractivity contribution is 5.87. The fourth-order valence-corrected chi connectivity index (χ4v) is 10.2. The Morgan fingerprint density at radius 1 is 0.508 bits per heavy atom. The summed E-state index contributed by atoms with van der Waals surface area (Å²) in [5.41, 5.74) is 16.0. The van der Waals surface area contributed by atoms with Crippen molar-refractivity contribution >= 4 is 17.1 Å². The minimum atomic E-state index is 0.00426. The van der Waals surface area contributed by atoms with E-state index in [-0.39, 0.29) is 10.8 Å². The van der Waals surface area contributed by atoms with Crippen molar-refractivity contribution in [3.63, 3.8) is 0 Å². The number of benzene rings is 6. The van der Waals surface area contributed by atoms with Crippen LogP contribution in [-0.2, 0) is 14.9 Å². The van der Waals surface area contributed by atoms with Gasteiger partial charge in [0.25, 0.3) is 0 Å². The fraction of sp³-hybridized carbons (Fsp3) is 0.410. The molecule has 1 fully saturated rings. The summed E-state index contributed by atoms with van der Waals surface area (Å²) in [5, 5.41) is 0. The fourth-order valence-electron chi connectivity index (χ4n) is 10.2. The zero-order valence-electron chi connectivity index (χ0n) is 39.9. The number of nitrogens with zero attached hydrogens (tertiary/aromatic N) is 1. The second-order valence-corrected chi connectivity index (χ2v) is 19.4. The maximum absolute atomic E-state index is 6.22. The van der Waals surface area contributed by atoms with Crippen molar-refractivity contribution in [1.82, 2.24) is 0 Å². The smallest absolute Gasteiger partial charge is 0.119 e. The van der Waals surface area contributed by atoms with E-state index >= 15 is 0 Å². The van der Waals surface area contributed by atoms with Gasteiger partial charge in [-0.1, -0.05) is 163 Å². The molecule has 0 saturated carbocycles. The number of fused-ring (bicyclic) bond motifs is 3. The molecule has 0 unspecified atom stereocenters. The second-order valence-electron chi connectivity index (χ2n) is 19.4. The third-order valence-electron chi connectivity index (χ3n) is 14.0. The van der Waals surface area contributed by atoms with Gasteiger partial charge in [0.05, 0.1) is 26.4 Å². The van der Waals surface area contributed by atoms with Crippen molar-refractivity contribution < 1.29 is 14.2 Å². The molecule has 0 amide bonds. The van der Waals surface area contributed by atoms with Gasteiger partial charge in [-0.25, -0.2) is 0 Å². The normalized spacial score (nSPS) is 14.4. The van der Waals surface area contributed by atoms with Crippen LogP contribution in [0.25, 0.3) is 33.4 Å². The summed E-state index contributed by atoms with van der Waals surface area (Å²) in [7, 11) is 0. The first-order chi connectivity index (χ1) is 31.9. The zero-order chi connectivity index (χ0) is 44.9. The van der Waals surface area contributed by atoms with Gasteiger partial charge in [-0.3, -0.25) is 0 Å². The van der Waals surface area contributed by atoms with Crippen LogP contribution < -0.4 is 9.64 Å². The van der Waals surface area contributed by atoms with Crippen molar-refractivity contribution in [3.8, 4) is 39.1 Å². The molecule has 8 rings (SSSR count). The highest BCUT2D eigenvalue weighted by Crippen LogP contribution is 2.56. The average Bonchev–Trinajstić information content (AvgIpc) is 3.60. The largest absolute Gasteiger partial charge is 0.494 e.